The molecule has 0 aromatic carbocycles. The number of aryl methyl sites for hydroxylation is 1. The smallest absolute Gasteiger partial charge is 0.309 e. The van der Waals surface area contributed by atoms with Crippen LogP contribution < -0.4 is 5.73 Å². The molecule has 0 aliphatic carbocycles. The fraction of sp³-hybridized carbons (Fsp3) is 0.273. The normalized spacial score (nSPS) is 10.5. The van der Waals surface area contributed by atoms with E-state index in [1.54, 1.807) is 18.2 Å². The quantitative estimate of drug-likeness (QED) is 0.762. The maximum atomic E-state index is 10.8. The molecule has 1 rings (SSSR count). The third-order valence-corrected chi connectivity index (χ3v) is 1.81. The predicted octanol–water partition coefficient (Wildman–Crippen LogP) is 1.55. The summed E-state index contributed by atoms with van der Waals surface area (Å²) in [4.78, 5) is 14.9. The molecule has 0 atom stereocenters. The van der Waals surface area contributed by atoms with Crippen molar-refractivity contribution in [1.29, 1.82) is 0 Å². The number of nitrogen functional groups attached to an aromatic ring is 1. The third-order valence-electron chi connectivity index (χ3n) is 1.81. The molecule has 0 bridgehead atoms. The lowest BCUT2D eigenvalue weighted by Crippen LogP contribution is -1.97. The highest BCUT2D eigenvalue weighted by molar-refractivity contribution is 5.72. The summed E-state index contributed by atoms with van der Waals surface area (Å²) in [5.41, 5.74) is 7.37. The van der Waals surface area contributed by atoms with Crippen molar-refractivity contribution in [3.05, 3.63) is 29.5 Å². The Bertz CT molecular complexity index is 366. The van der Waals surface area contributed by atoms with Crippen molar-refractivity contribution in [1.82, 2.24) is 4.98 Å². The molecule has 0 aliphatic heterocycles. The zero-order valence-electron chi connectivity index (χ0n) is 8.86. The highest BCUT2D eigenvalue weighted by Crippen LogP contribution is 2.08. The van der Waals surface area contributed by atoms with Gasteiger partial charge in [-0.2, -0.15) is 0 Å². The van der Waals surface area contributed by atoms with Gasteiger partial charge < -0.3 is 10.5 Å². The lowest BCUT2D eigenvalue weighted by molar-refractivity contribution is -0.139. The SMILES string of the molecule is COC(=O)CC=Cc1cc(C)cc(N)n1. The summed E-state index contributed by atoms with van der Waals surface area (Å²) in [5.74, 6) is 0.208. The van der Waals surface area contributed by atoms with E-state index in [4.69, 9.17) is 5.73 Å². The van der Waals surface area contributed by atoms with Crippen molar-refractivity contribution in [2.45, 2.75) is 13.3 Å². The topological polar surface area (TPSA) is 65.2 Å². The molecule has 0 unspecified atom stereocenters. The molecule has 0 fully saturated rings. The second kappa shape index (κ2) is 5.14. The molecule has 80 valence electrons. The van der Waals surface area contributed by atoms with Crippen molar-refractivity contribution >= 4 is 17.9 Å². The summed E-state index contributed by atoms with van der Waals surface area (Å²) in [6.07, 6.45) is 3.69. The summed E-state index contributed by atoms with van der Waals surface area (Å²) in [5, 5.41) is 0. The number of hydrogen-bond acceptors (Lipinski definition) is 4. The number of hydrogen-bond donors (Lipinski definition) is 1. The number of nitrogens with two attached hydrogens (primary N) is 1. The van der Waals surface area contributed by atoms with E-state index in [9.17, 15) is 4.79 Å². The number of esters is 1. The van der Waals surface area contributed by atoms with Gasteiger partial charge in [0.05, 0.1) is 19.2 Å². The van der Waals surface area contributed by atoms with Crippen molar-refractivity contribution in [3.63, 3.8) is 0 Å². The van der Waals surface area contributed by atoms with Gasteiger partial charge in [-0.05, 0) is 30.7 Å². The molecule has 1 aromatic rings. The predicted molar refractivity (Wildman–Crippen MR) is 59.1 cm³/mol. The number of pyridine rings is 1. The van der Waals surface area contributed by atoms with Crippen LogP contribution in [0, 0.1) is 6.92 Å². The largest absolute Gasteiger partial charge is 0.469 e. The second-order valence-corrected chi connectivity index (χ2v) is 3.18. The molecule has 0 radical (unpaired) electrons. The Balaban J connectivity index is 2.68. The van der Waals surface area contributed by atoms with Crippen molar-refractivity contribution in [2.75, 3.05) is 12.8 Å². The molecule has 1 aromatic heterocycles. The standard InChI is InChI=1S/C11H14N2O2/c1-8-6-9(13-10(12)7-8)4-3-5-11(14)15-2/h3-4,6-7H,5H2,1-2H3,(H2,12,13). The molecular weight excluding hydrogens is 192 g/mol. The van der Waals surface area contributed by atoms with E-state index in [2.05, 4.69) is 9.72 Å². The Kier molecular flexibility index (Phi) is 3.85. The van der Waals surface area contributed by atoms with E-state index in [0.29, 0.717) is 5.82 Å². The van der Waals surface area contributed by atoms with E-state index in [0.717, 1.165) is 11.3 Å². The van der Waals surface area contributed by atoms with Gasteiger partial charge in [-0.15, -0.1) is 0 Å². The summed E-state index contributed by atoms with van der Waals surface area (Å²) in [6, 6.07) is 3.68. The Hall–Kier alpha value is -1.84. The van der Waals surface area contributed by atoms with Crippen molar-refractivity contribution < 1.29 is 9.53 Å². The monoisotopic (exact) mass is 206 g/mol. The van der Waals surface area contributed by atoms with Crippen LogP contribution in [-0.4, -0.2) is 18.1 Å². The molecule has 0 saturated carbocycles. The number of carbonyl (C=O) groups excluding carboxylic acids is 1. The van der Waals surface area contributed by atoms with Gasteiger partial charge in [-0.3, -0.25) is 4.79 Å². The lowest BCUT2D eigenvalue weighted by Gasteiger charge is -1.98. The van der Waals surface area contributed by atoms with Crippen LogP contribution in [0.4, 0.5) is 5.82 Å². The third kappa shape index (κ3) is 3.81. The molecule has 0 spiro atoms. The van der Waals surface area contributed by atoms with Crippen molar-refractivity contribution in [2.24, 2.45) is 0 Å². The maximum absolute atomic E-state index is 10.8. The molecule has 15 heavy (non-hydrogen) atoms. The molecular formula is C11H14N2O2. The minimum atomic E-state index is -0.271. The van der Waals surface area contributed by atoms with E-state index in [1.807, 2.05) is 13.0 Å². The first-order valence-corrected chi connectivity index (χ1v) is 4.59. The van der Waals surface area contributed by atoms with Gasteiger partial charge in [0.2, 0.25) is 0 Å². The van der Waals surface area contributed by atoms with Crippen LogP contribution >= 0.6 is 0 Å². The summed E-state index contributed by atoms with van der Waals surface area (Å²) >= 11 is 0. The summed E-state index contributed by atoms with van der Waals surface area (Å²) < 4.78 is 4.50. The average molecular weight is 206 g/mol. The highest BCUT2D eigenvalue weighted by Gasteiger charge is 1.96. The van der Waals surface area contributed by atoms with Crippen LogP contribution in [0.5, 0.6) is 0 Å². The highest BCUT2D eigenvalue weighted by atomic mass is 16.5. The van der Waals surface area contributed by atoms with Crippen LogP contribution in [0.1, 0.15) is 17.7 Å². The molecule has 0 aliphatic rings. The zero-order chi connectivity index (χ0) is 11.3. The summed E-state index contributed by atoms with van der Waals surface area (Å²) in [6.45, 7) is 1.94. The average Bonchev–Trinajstić information content (AvgIpc) is 2.16. The minimum absolute atomic E-state index is 0.242. The number of rotatable bonds is 3. The van der Waals surface area contributed by atoms with Crippen molar-refractivity contribution in [3.8, 4) is 0 Å². The van der Waals surface area contributed by atoms with Crippen LogP contribution in [0.3, 0.4) is 0 Å². The second-order valence-electron chi connectivity index (χ2n) is 3.18. The van der Waals surface area contributed by atoms with Crippen LogP contribution in [0.25, 0.3) is 6.08 Å². The van der Waals surface area contributed by atoms with Crippen LogP contribution in [-0.2, 0) is 9.53 Å². The van der Waals surface area contributed by atoms with Gasteiger partial charge in [-0.25, -0.2) is 4.98 Å². The fourth-order valence-electron chi connectivity index (χ4n) is 1.17. The van der Waals surface area contributed by atoms with Crippen LogP contribution in [0.15, 0.2) is 18.2 Å². The van der Waals surface area contributed by atoms with Gasteiger partial charge in [-0.1, -0.05) is 6.08 Å². The van der Waals surface area contributed by atoms with Gasteiger partial charge in [0.25, 0.3) is 0 Å². The number of methoxy groups -OCH3 is 1. The Morgan fingerprint density at radius 1 is 1.60 bits per heavy atom. The molecule has 0 saturated heterocycles. The van der Waals surface area contributed by atoms with Crippen LogP contribution in [0.2, 0.25) is 0 Å². The first-order valence-electron chi connectivity index (χ1n) is 4.59. The molecule has 4 nitrogen and oxygen atoms in total. The van der Waals surface area contributed by atoms with Gasteiger partial charge in [0.15, 0.2) is 0 Å². The molecule has 2 N–H and O–H groups in total. The van der Waals surface area contributed by atoms with Gasteiger partial charge >= 0.3 is 5.97 Å². The number of anilines is 1. The number of nitrogens with zero attached hydrogens (tertiary/aromatic N) is 1. The minimum Gasteiger partial charge on any atom is -0.469 e. The lowest BCUT2D eigenvalue weighted by atomic mass is 10.2. The van der Waals surface area contributed by atoms with Gasteiger partial charge in [0, 0.05) is 0 Å². The molecule has 0 amide bonds. The van der Waals surface area contributed by atoms with E-state index < -0.39 is 0 Å². The number of carbonyl (C=O) groups is 1. The maximum Gasteiger partial charge on any atom is 0.309 e. The Morgan fingerprint density at radius 2 is 2.33 bits per heavy atom. The zero-order valence-corrected chi connectivity index (χ0v) is 8.86. The van der Waals surface area contributed by atoms with E-state index >= 15 is 0 Å². The van der Waals surface area contributed by atoms with E-state index in [1.165, 1.54) is 7.11 Å². The molecule has 4 heteroatoms. The number of ether oxygens (including phenoxy) is 1. The fourth-order valence-corrected chi connectivity index (χ4v) is 1.17. The first kappa shape index (κ1) is 11.2. The Morgan fingerprint density at radius 3 is 2.93 bits per heavy atom. The first-order chi connectivity index (χ1) is 7.11. The van der Waals surface area contributed by atoms with Gasteiger partial charge in [0.1, 0.15) is 5.82 Å². The Labute approximate surface area is 88.8 Å². The van der Waals surface area contributed by atoms with E-state index in [-0.39, 0.29) is 12.4 Å². The molecule has 1 heterocycles. The number of aromatic nitrogens is 1. The summed E-state index contributed by atoms with van der Waals surface area (Å²) in [7, 11) is 1.36.